The lowest BCUT2D eigenvalue weighted by Gasteiger charge is -2.41. The molecule has 0 aromatic heterocycles. The number of carbonyl (C=O) groups excluding carboxylic acids is 1. The Morgan fingerprint density at radius 3 is 2.53 bits per heavy atom. The van der Waals surface area contributed by atoms with Gasteiger partial charge in [0.2, 0.25) is 0 Å². The number of benzene rings is 3. The molecule has 0 aliphatic carbocycles. The van der Waals surface area contributed by atoms with Gasteiger partial charge in [0, 0.05) is 23.3 Å². The van der Waals surface area contributed by atoms with E-state index in [9.17, 15) is 14.7 Å². The fourth-order valence-electron chi connectivity index (χ4n) is 5.24. The zero-order chi connectivity index (χ0) is 25.8. The third kappa shape index (κ3) is 3.99. The Hall–Kier alpha value is -3.51. The highest BCUT2D eigenvalue weighted by molar-refractivity contribution is 6.32. The monoisotopic (exact) mass is 504 g/mol. The second-order valence-electron chi connectivity index (χ2n) is 10.4. The molecule has 186 valence electrons. The molecule has 2 heterocycles. The van der Waals surface area contributed by atoms with Crippen LogP contribution in [0.25, 0.3) is 0 Å². The quantitative estimate of drug-likeness (QED) is 0.471. The average Bonchev–Trinajstić information content (AvgIpc) is 2.83. The maximum Gasteiger partial charge on any atom is 0.313 e. The number of nitrogens with zero attached hydrogens (tertiary/aromatic N) is 2. The average molecular weight is 505 g/mol. The summed E-state index contributed by atoms with van der Waals surface area (Å²) in [6.45, 7) is 7.53. The molecule has 0 fully saturated rings. The molecule has 0 bridgehead atoms. The molecule has 0 saturated carbocycles. The summed E-state index contributed by atoms with van der Waals surface area (Å²) in [6.07, 6.45) is 0. The molecule has 2 atom stereocenters. The number of likely N-dealkylation sites (N-methyl/N-ethyl adjacent to an activating group) is 1. The topological polar surface area (TPSA) is 70.1 Å². The number of amides is 1. The van der Waals surface area contributed by atoms with Crippen LogP contribution in [-0.4, -0.2) is 37.2 Å². The Morgan fingerprint density at radius 2 is 1.83 bits per heavy atom. The molecule has 0 spiro atoms. The van der Waals surface area contributed by atoms with Gasteiger partial charge < -0.3 is 14.7 Å². The molecule has 1 amide bonds. The van der Waals surface area contributed by atoms with E-state index >= 15 is 0 Å². The maximum absolute atomic E-state index is 14.0. The van der Waals surface area contributed by atoms with Gasteiger partial charge in [-0.05, 0) is 52.4 Å². The van der Waals surface area contributed by atoms with Crippen LogP contribution in [0.5, 0.6) is 5.75 Å². The number of hydrogen-bond donors (Lipinski definition) is 1. The number of carbonyl (C=O) groups is 2. The van der Waals surface area contributed by atoms with Crippen LogP contribution in [-0.2, 0) is 10.2 Å². The van der Waals surface area contributed by atoms with Crippen LogP contribution >= 0.6 is 11.6 Å². The highest BCUT2D eigenvalue weighted by atomic mass is 35.5. The van der Waals surface area contributed by atoms with E-state index in [1.54, 1.807) is 35.2 Å². The summed E-state index contributed by atoms with van der Waals surface area (Å²) in [5, 5.41) is 11.0. The number of anilines is 2. The van der Waals surface area contributed by atoms with E-state index in [-0.39, 0.29) is 11.3 Å². The highest BCUT2D eigenvalue weighted by Crippen LogP contribution is 2.47. The van der Waals surface area contributed by atoms with Gasteiger partial charge in [-0.15, -0.1) is 0 Å². The van der Waals surface area contributed by atoms with E-state index in [1.807, 2.05) is 37.4 Å². The molecular weight excluding hydrogens is 476 g/mol. The van der Waals surface area contributed by atoms with Gasteiger partial charge in [-0.2, -0.15) is 0 Å². The van der Waals surface area contributed by atoms with Crippen LogP contribution < -0.4 is 14.5 Å². The number of rotatable bonds is 3. The molecular formula is C29H29ClN2O4. The molecule has 1 N–H and O–H groups in total. The molecule has 0 saturated heterocycles. The SMILES string of the molecule is CN1CCOc2ccc([C@@H]3[C@@H](C(=O)O)c4ccccc4C(=O)N3c3ccc(C(C)(C)C)c(Cl)c3)cc21. The Kier molecular flexibility index (Phi) is 5.95. The van der Waals surface area contributed by atoms with Gasteiger partial charge in [0.1, 0.15) is 18.3 Å². The summed E-state index contributed by atoms with van der Waals surface area (Å²) in [6, 6.07) is 17.4. The fourth-order valence-corrected chi connectivity index (χ4v) is 5.70. The third-order valence-electron chi connectivity index (χ3n) is 7.06. The van der Waals surface area contributed by atoms with Crippen molar-refractivity contribution in [2.45, 2.75) is 38.1 Å². The minimum atomic E-state index is -0.996. The van der Waals surface area contributed by atoms with E-state index in [2.05, 4.69) is 25.7 Å². The van der Waals surface area contributed by atoms with Crippen LogP contribution in [0, 0.1) is 0 Å². The van der Waals surface area contributed by atoms with Crippen molar-refractivity contribution in [1.82, 2.24) is 0 Å². The molecule has 2 aliphatic heterocycles. The second kappa shape index (κ2) is 8.86. The van der Waals surface area contributed by atoms with Crippen molar-refractivity contribution in [1.29, 1.82) is 0 Å². The minimum absolute atomic E-state index is 0.180. The van der Waals surface area contributed by atoms with E-state index in [1.165, 1.54) is 0 Å². The molecule has 6 nitrogen and oxygen atoms in total. The normalized spacial score (nSPS) is 19.4. The van der Waals surface area contributed by atoms with E-state index in [0.29, 0.717) is 28.4 Å². The minimum Gasteiger partial charge on any atom is -0.490 e. The molecule has 3 aromatic carbocycles. The molecule has 7 heteroatoms. The van der Waals surface area contributed by atoms with Gasteiger partial charge >= 0.3 is 5.97 Å². The van der Waals surface area contributed by atoms with E-state index < -0.39 is 17.9 Å². The van der Waals surface area contributed by atoms with Crippen molar-refractivity contribution < 1.29 is 19.4 Å². The van der Waals surface area contributed by atoms with Gasteiger partial charge in [-0.25, -0.2) is 0 Å². The number of hydrogen-bond acceptors (Lipinski definition) is 4. The van der Waals surface area contributed by atoms with E-state index in [4.69, 9.17) is 16.3 Å². The number of aliphatic carboxylic acids is 1. The van der Waals surface area contributed by atoms with Crippen molar-refractivity contribution in [3.8, 4) is 5.75 Å². The Morgan fingerprint density at radius 1 is 1.08 bits per heavy atom. The van der Waals surface area contributed by atoms with Crippen molar-refractivity contribution in [2.24, 2.45) is 0 Å². The maximum atomic E-state index is 14.0. The zero-order valence-corrected chi connectivity index (χ0v) is 21.5. The first-order valence-electron chi connectivity index (χ1n) is 12.0. The molecule has 36 heavy (non-hydrogen) atoms. The first kappa shape index (κ1) is 24.2. The van der Waals surface area contributed by atoms with Gasteiger partial charge in [-0.3, -0.25) is 14.5 Å². The highest BCUT2D eigenvalue weighted by Gasteiger charge is 2.45. The first-order chi connectivity index (χ1) is 17.1. The molecule has 0 radical (unpaired) electrons. The van der Waals surface area contributed by atoms with Gasteiger partial charge in [0.15, 0.2) is 0 Å². The zero-order valence-electron chi connectivity index (χ0n) is 20.8. The van der Waals surface area contributed by atoms with Gasteiger partial charge in [0.05, 0.1) is 18.3 Å². The molecule has 0 unspecified atom stereocenters. The first-order valence-corrected chi connectivity index (χ1v) is 12.4. The van der Waals surface area contributed by atoms with Crippen LogP contribution in [0.3, 0.4) is 0 Å². The number of carboxylic acid groups (broad SMARTS) is 1. The Bertz CT molecular complexity index is 1360. The number of carboxylic acids is 1. The lowest BCUT2D eigenvalue weighted by Crippen LogP contribution is -2.45. The molecule has 2 aliphatic rings. The summed E-state index contributed by atoms with van der Waals surface area (Å²) in [4.78, 5) is 30.4. The standard InChI is InChI=1S/C29H29ClN2O4/c1-29(2,3)21-11-10-18(16-22(21)30)32-26(17-9-12-24-23(15-17)31(4)13-14-36-24)25(28(34)35)19-7-5-6-8-20(19)27(32)33/h5-12,15-16,25-26H,13-14H2,1-4H3,(H,34,35)/t25-,26+/m0/s1. The molecule has 3 aromatic rings. The van der Waals surface area contributed by atoms with Gasteiger partial charge in [0.25, 0.3) is 5.91 Å². The second-order valence-corrected chi connectivity index (χ2v) is 10.8. The molecule has 5 rings (SSSR count). The number of fused-ring (bicyclic) bond motifs is 2. The van der Waals surface area contributed by atoms with Crippen molar-refractivity contribution in [2.75, 3.05) is 30.0 Å². The Labute approximate surface area is 216 Å². The van der Waals surface area contributed by atoms with Crippen LogP contribution in [0.15, 0.2) is 60.7 Å². The van der Waals surface area contributed by atoms with E-state index in [0.717, 1.165) is 29.1 Å². The van der Waals surface area contributed by atoms with Crippen molar-refractivity contribution in [3.05, 3.63) is 87.9 Å². The lowest BCUT2D eigenvalue weighted by molar-refractivity contribution is -0.139. The lowest BCUT2D eigenvalue weighted by atomic mass is 9.79. The summed E-state index contributed by atoms with van der Waals surface area (Å²) >= 11 is 6.71. The number of halogens is 1. The smallest absolute Gasteiger partial charge is 0.313 e. The van der Waals surface area contributed by atoms with Crippen molar-refractivity contribution >= 4 is 34.9 Å². The van der Waals surface area contributed by atoms with Crippen LogP contribution in [0.4, 0.5) is 11.4 Å². The third-order valence-corrected chi connectivity index (χ3v) is 7.38. The fraction of sp³-hybridized carbons (Fsp3) is 0.310. The van der Waals surface area contributed by atoms with Crippen LogP contribution in [0.1, 0.15) is 59.8 Å². The predicted molar refractivity (Wildman–Crippen MR) is 142 cm³/mol. The van der Waals surface area contributed by atoms with Crippen LogP contribution in [0.2, 0.25) is 5.02 Å². The summed E-state index contributed by atoms with van der Waals surface area (Å²) in [5.74, 6) is -1.47. The van der Waals surface area contributed by atoms with Crippen molar-refractivity contribution in [3.63, 3.8) is 0 Å². The number of ether oxygens (including phenoxy) is 1. The van der Waals surface area contributed by atoms with Gasteiger partial charge in [-0.1, -0.05) is 62.7 Å². The summed E-state index contributed by atoms with van der Waals surface area (Å²) in [5.41, 5.74) is 3.82. The predicted octanol–water partition coefficient (Wildman–Crippen LogP) is 6.04. The summed E-state index contributed by atoms with van der Waals surface area (Å²) < 4.78 is 5.80. The largest absolute Gasteiger partial charge is 0.490 e. The Balaban J connectivity index is 1.73. The summed E-state index contributed by atoms with van der Waals surface area (Å²) in [7, 11) is 1.98.